The quantitative estimate of drug-likeness (QED) is 0.152. The second-order valence-electron chi connectivity index (χ2n) is 9.50. The molecule has 0 amide bonds. The van der Waals surface area contributed by atoms with Crippen molar-refractivity contribution in [3.63, 3.8) is 0 Å². The summed E-state index contributed by atoms with van der Waals surface area (Å²) in [4.78, 5) is 0. The van der Waals surface area contributed by atoms with Crippen molar-refractivity contribution in [1.29, 1.82) is 0 Å². The van der Waals surface area contributed by atoms with Crippen molar-refractivity contribution in [3.8, 4) is 0 Å². The van der Waals surface area contributed by atoms with Gasteiger partial charge in [-0.25, -0.2) is 4.57 Å². The Morgan fingerprint density at radius 3 is 1.72 bits per heavy atom. The normalized spacial score (nSPS) is 12.2. The Kier molecular flexibility index (Phi) is 22.7. The maximum Gasteiger partial charge on any atom is 0.168 e. The van der Waals surface area contributed by atoms with Crippen molar-refractivity contribution in [2.45, 2.75) is 128 Å². The lowest BCUT2D eigenvalue weighted by molar-refractivity contribution is -0.671. The van der Waals surface area contributed by atoms with Gasteiger partial charge in [0.15, 0.2) is 12.4 Å². The molecule has 0 aromatic carbocycles. The first kappa shape index (κ1) is 31.1. The molecule has 0 aliphatic heterocycles. The van der Waals surface area contributed by atoms with Crippen LogP contribution < -0.4 is 22.7 Å². The van der Waals surface area contributed by atoms with E-state index in [1.54, 1.807) is 0 Å². The molecule has 2 N–H and O–H groups in total. The zero-order valence-electron chi connectivity index (χ0n) is 21.4. The van der Waals surface area contributed by atoms with Crippen LogP contribution in [0, 0.1) is 0 Å². The smallest absolute Gasteiger partial charge is 0.168 e. The summed E-state index contributed by atoms with van der Waals surface area (Å²) in [5.74, 6) is 0.713. The molecule has 0 radical (unpaired) electrons. The van der Waals surface area contributed by atoms with Crippen molar-refractivity contribution in [1.82, 2.24) is 0 Å². The second-order valence-corrected chi connectivity index (χ2v) is 9.50. The minimum absolute atomic E-state index is 0. The average Bonchev–Trinajstić information content (AvgIpc) is 2.78. The second kappa shape index (κ2) is 23.3. The Hall–Kier alpha value is -0.860. The molecule has 1 atom stereocenters. The van der Waals surface area contributed by atoms with E-state index in [1.165, 1.54) is 115 Å². The average molecular weight is 465 g/mol. The Labute approximate surface area is 206 Å². The van der Waals surface area contributed by atoms with Gasteiger partial charge in [-0.05, 0) is 63.0 Å². The SMILES string of the molecule is CCCCCCCC/C=C/CCCCCCCCC(CCCCN)c1cc[n+](C)cc1.[Cl-]. The molecule has 0 aliphatic rings. The standard InChI is InChI=1S/C29H53N2.ClH/c1-3-4-5-6-7-8-9-10-11-12-13-14-15-16-17-18-21-28(22-19-20-25-30)29-23-26-31(2)27-24-29;/h10-11,23-24,26-28H,3-9,12-22,25,30H2,1-2H3;1H/q+1;/p-1/b11-10+;. The summed E-state index contributed by atoms with van der Waals surface area (Å²) in [5, 5.41) is 0. The van der Waals surface area contributed by atoms with Gasteiger partial charge < -0.3 is 18.1 Å². The van der Waals surface area contributed by atoms with Crippen molar-refractivity contribution >= 4 is 0 Å². The van der Waals surface area contributed by atoms with E-state index in [-0.39, 0.29) is 12.4 Å². The van der Waals surface area contributed by atoms with Crippen LogP contribution in [0.15, 0.2) is 36.7 Å². The van der Waals surface area contributed by atoms with E-state index < -0.39 is 0 Å². The van der Waals surface area contributed by atoms with Gasteiger partial charge in [0.2, 0.25) is 0 Å². The molecule has 1 heterocycles. The zero-order chi connectivity index (χ0) is 22.4. The highest BCUT2D eigenvalue weighted by Gasteiger charge is 2.12. The molecule has 0 aliphatic carbocycles. The predicted molar refractivity (Wildman–Crippen MR) is 137 cm³/mol. The molecule has 0 fully saturated rings. The highest BCUT2D eigenvalue weighted by atomic mass is 35.5. The maximum atomic E-state index is 5.71. The van der Waals surface area contributed by atoms with Gasteiger partial charge in [0.25, 0.3) is 0 Å². The molecule has 1 rings (SSSR count). The van der Waals surface area contributed by atoms with Crippen LogP contribution in [0.25, 0.3) is 0 Å². The van der Waals surface area contributed by atoms with E-state index in [9.17, 15) is 0 Å². The molecule has 1 aromatic rings. The van der Waals surface area contributed by atoms with Crippen molar-refractivity contribution in [3.05, 3.63) is 42.2 Å². The summed E-state index contributed by atoms with van der Waals surface area (Å²) in [5.41, 5.74) is 7.22. The summed E-state index contributed by atoms with van der Waals surface area (Å²) < 4.78 is 2.13. The largest absolute Gasteiger partial charge is 1.00 e. The monoisotopic (exact) mass is 464 g/mol. The lowest BCUT2D eigenvalue weighted by Crippen LogP contribution is -3.00. The van der Waals surface area contributed by atoms with Crippen LogP contribution in [0.5, 0.6) is 0 Å². The number of hydrogen-bond donors (Lipinski definition) is 1. The molecule has 0 spiro atoms. The van der Waals surface area contributed by atoms with E-state index in [1.807, 2.05) is 0 Å². The number of nitrogens with zero attached hydrogens (tertiary/aromatic N) is 1. The molecule has 1 aromatic heterocycles. The van der Waals surface area contributed by atoms with Crippen molar-refractivity contribution in [2.24, 2.45) is 12.8 Å². The maximum absolute atomic E-state index is 5.71. The Morgan fingerprint density at radius 2 is 1.19 bits per heavy atom. The zero-order valence-corrected chi connectivity index (χ0v) is 22.1. The molecule has 186 valence electrons. The van der Waals surface area contributed by atoms with E-state index in [4.69, 9.17) is 5.73 Å². The number of allylic oxidation sites excluding steroid dienone is 2. The minimum Gasteiger partial charge on any atom is -1.00 e. The summed E-state index contributed by atoms with van der Waals surface area (Å²) >= 11 is 0. The van der Waals surface area contributed by atoms with Gasteiger partial charge in [-0.15, -0.1) is 0 Å². The van der Waals surface area contributed by atoms with Crippen LogP contribution in [0.4, 0.5) is 0 Å². The van der Waals surface area contributed by atoms with Crippen LogP contribution >= 0.6 is 0 Å². The van der Waals surface area contributed by atoms with Gasteiger partial charge in [-0.3, -0.25) is 0 Å². The van der Waals surface area contributed by atoms with Crippen molar-refractivity contribution < 1.29 is 17.0 Å². The van der Waals surface area contributed by atoms with Gasteiger partial charge in [-0.2, -0.15) is 0 Å². The number of aryl methyl sites for hydroxylation is 1. The minimum atomic E-state index is 0. The van der Waals surface area contributed by atoms with E-state index in [2.05, 4.69) is 55.2 Å². The molecule has 0 saturated heterocycles. The van der Waals surface area contributed by atoms with Crippen LogP contribution in [0.3, 0.4) is 0 Å². The predicted octanol–water partition coefficient (Wildman–Crippen LogP) is 5.16. The fourth-order valence-corrected chi connectivity index (χ4v) is 4.44. The molecule has 0 saturated carbocycles. The van der Waals surface area contributed by atoms with Gasteiger partial charge in [0.05, 0.1) is 0 Å². The first-order chi connectivity index (χ1) is 15.3. The fourth-order valence-electron chi connectivity index (χ4n) is 4.44. The number of hydrogen-bond acceptors (Lipinski definition) is 1. The lowest BCUT2D eigenvalue weighted by Gasteiger charge is -2.16. The third-order valence-electron chi connectivity index (χ3n) is 6.55. The van der Waals surface area contributed by atoms with Crippen LogP contribution in [-0.2, 0) is 7.05 Å². The first-order valence-electron chi connectivity index (χ1n) is 13.6. The molecule has 2 nitrogen and oxygen atoms in total. The molecule has 32 heavy (non-hydrogen) atoms. The number of rotatable bonds is 21. The van der Waals surface area contributed by atoms with Crippen LogP contribution in [0.1, 0.15) is 134 Å². The molecule has 1 unspecified atom stereocenters. The first-order valence-corrected chi connectivity index (χ1v) is 13.6. The summed E-state index contributed by atoms with van der Waals surface area (Å²) in [6.07, 6.45) is 33.6. The number of unbranched alkanes of at least 4 members (excludes halogenated alkanes) is 13. The lowest BCUT2D eigenvalue weighted by atomic mass is 9.89. The summed E-state index contributed by atoms with van der Waals surface area (Å²) in [7, 11) is 2.10. The highest BCUT2D eigenvalue weighted by Crippen LogP contribution is 2.27. The van der Waals surface area contributed by atoms with Gasteiger partial charge in [-0.1, -0.05) is 89.7 Å². The van der Waals surface area contributed by atoms with Crippen LogP contribution in [0.2, 0.25) is 0 Å². The van der Waals surface area contributed by atoms with Gasteiger partial charge >= 0.3 is 0 Å². The number of pyridine rings is 1. The van der Waals surface area contributed by atoms with Crippen molar-refractivity contribution in [2.75, 3.05) is 6.54 Å². The molecular formula is C29H53ClN2. The van der Waals surface area contributed by atoms with Gasteiger partial charge in [0, 0.05) is 12.1 Å². The molecular weight excluding hydrogens is 412 g/mol. The number of halogens is 1. The Balaban J connectivity index is 0.00000961. The van der Waals surface area contributed by atoms with E-state index in [0.29, 0.717) is 5.92 Å². The van der Waals surface area contributed by atoms with Crippen LogP contribution in [-0.4, -0.2) is 6.54 Å². The molecule has 3 heteroatoms. The third-order valence-corrected chi connectivity index (χ3v) is 6.55. The third kappa shape index (κ3) is 17.7. The Bertz CT molecular complexity index is 526. The van der Waals surface area contributed by atoms with Gasteiger partial charge in [0.1, 0.15) is 7.05 Å². The Morgan fingerprint density at radius 1 is 0.719 bits per heavy atom. The topological polar surface area (TPSA) is 29.9 Å². The van der Waals surface area contributed by atoms with E-state index in [0.717, 1.165) is 13.0 Å². The number of nitrogens with two attached hydrogens (primary N) is 1. The summed E-state index contributed by atoms with van der Waals surface area (Å²) in [6, 6.07) is 4.63. The summed E-state index contributed by atoms with van der Waals surface area (Å²) in [6.45, 7) is 3.11. The number of aromatic nitrogens is 1. The highest BCUT2D eigenvalue weighted by molar-refractivity contribution is 5.13. The fraction of sp³-hybridized carbons (Fsp3) is 0.759. The van der Waals surface area contributed by atoms with E-state index >= 15 is 0 Å². The molecule has 0 bridgehead atoms.